The molecule has 2 aromatic rings. The van der Waals surface area contributed by atoms with Gasteiger partial charge in [0.1, 0.15) is 6.04 Å². The molecule has 1 unspecified atom stereocenters. The number of nitrogens with one attached hydrogen (secondary N) is 1. The minimum atomic E-state index is -0.236. The number of rotatable bonds is 4. The first-order valence-electron chi connectivity index (χ1n) is 8.89. The second kappa shape index (κ2) is 6.77. The topological polar surface area (TPSA) is 72.5 Å². The van der Waals surface area contributed by atoms with Crippen molar-refractivity contribution >= 4 is 22.6 Å². The number of furan rings is 1. The second-order valence-electron chi connectivity index (χ2n) is 6.88. The Morgan fingerprint density at radius 2 is 2.24 bits per heavy atom. The quantitative estimate of drug-likeness (QED) is 0.927. The highest BCUT2D eigenvalue weighted by molar-refractivity contribution is 5.89. The number of para-hydroxylation sites is 1. The average Bonchev–Trinajstić information content (AvgIpc) is 3.35. The van der Waals surface area contributed by atoms with E-state index in [2.05, 4.69) is 16.3 Å². The van der Waals surface area contributed by atoms with Crippen LogP contribution >= 0.6 is 0 Å². The molecule has 0 bridgehead atoms. The van der Waals surface area contributed by atoms with Crippen molar-refractivity contribution in [1.82, 2.24) is 9.80 Å². The highest BCUT2D eigenvalue weighted by Crippen LogP contribution is 2.26. The fourth-order valence-electron chi connectivity index (χ4n) is 3.90. The Morgan fingerprint density at radius 1 is 1.32 bits per heavy atom. The van der Waals surface area contributed by atoms with Gasteiger partial charge in [-0.2, -0.15) is 5.26 Å². The summed E-state index contributed by atoms with van der Waals surface area (Å²) in [4.78, 5) is 16.4. The van der Waals surface area contributed by atoms with Crippen LogP contribution in [0.1, 0.15) is 19.3 Å². The molecule has 0 saturated carbocycles. The predicted octanol–water partition coefficient (Wildman–Crippen LogP) is 2.43. The van der Waals surface area contributed by atoms with Crippen molar-refractivity contribution in [2.45, 2.75) is 31.3 Å². The van der Waals surface area contributed by atoms with Crippen LogP contribution in [-0.2, 0) is 4.79 Å². The summed E-state index contributed by atoms with van der Waals surface area (Å²) in [7, 11) is 0. The molecule has 130 valence electrons. The summed E-state index contributed by atoms with van der Waals surface area (Å²) in [6.45, 7) is 2.84. The van der Waals surface area contributed by atoms with Crippen LogP contribution in [0.3, 0.4) is 0 Å². The molecule has 2 atom stereocenters. The maximum atomic E-state index is 12.5. The molecule has 0 radical (unpaired) electrons. The Kier molecular flexibility index (Phi) is 4.33. The molecule has 1 aromatic carbocycles. The van der Waals surface area contributed by atoms with Gasteiger partial charge in [-0.25, -0.2) is 0 Å². The van der Waals surface area contributed by atoms with E-state index in [1.54, 1.807) is 11.2 Å². The van der Waals surface area contributed by atoms with Crippen molar-refractivity contribution in [2.75, 3.05) is 31.5 Å². The molecule has 6 heteroatoms. The number of anilines is 1. The summed E-state index contributed by atoms with van der Waals surface area (Å²) in [6.07, 6.45) is 4.43. The van der Waals surface area contributed by atoms with Gasteiger partial charge in [-0.3, -0.25) is 9.69 Å². The summed E-state index contributed by atoms with van der Waals surface area (Å²) >= 11 is 0. The smallest absolute Gasteiger partial charge is 0.237 e. The van der Waals surface area contributed by atoms with E-state index in [1.807, 2.05) is 24.3 Å². The van der Waals surface area contributed by atoms with E-state index < -0.39 is 0 Å². The number of nitrogens with zero attached hydrogens (tertiary/aromatic N) is 3. The van der Waals surface area contributed by atoms with E-state index >= 15 is 0 Å². The first kappa shape index (κ1) is 16.0. The predicted molar refractivity (Wildman–Crippen MR) is 95.0 cm³/mol. The van der Waals surface area contributed by atoms with Crippen LogP contribution in [-0.4, -0.2) is 54.0 Å². The summed E-state index contributed by atoms with van der Waals surface area (Å²) in [5.74, 6) is 0.0813. The Bertz CT molecular complexity index is 809. The van der Waals surface area contributed by atoms with Crippen molar-refractivity contribution < 1.29 is 9.21 Å². The van der Waals surface area contributed by atoms with Crippen molar-refractivity contribution in [1.29, 1.82) is 5.26 Å². The van der Waals surface area contributed by atoms with Crippen LogP contribution in [0, 0.1) is 11.3 Å². The van der Waals surface area contributed by atoms with Crippen molar-refractivity contribution in [3.05, 3.63) is 30.5 Å². The zero-order valence-electron chi connectivity index (χ0n) is 14.1. The highest BCUT2D eigenvalue weighted by Gasteiger charge is 2.31. The molecule has 4 rings (SSSR count). The van der Waals surface area contributed by atoms with Crippen molar-refractivity contribution in [2.24, 2.45) is 0 Å². The second-order valence-corrected chi connectivity index (χ2v) is 6.88. The average molecular weight is 338 g/mol. The van der Waals surface area contributed by atoms with Gasteiger partial charge in [0.05, 0.1) is 24.6 Å². The fourth-order valence-corrected chi connectivity index (χ4v) is 3.90. The minimum absolute atomic E-state index is 0.0813. The zero-order valence-corrected chi connectivity index (χ0v) is 14.1. The van der Waals surface area contributed by atoms with Gasteiger partial charge in [-0.05, 0) is 31.4 Å². The lowest BCUT2D eigenvalue weighted by Gasteiger charge is -2.23. The van der Waals surface area contributed by atoms with E-state index in [0.717, 1.165) is 49.0 Å². The molecule has 2 aliphatic heterocycles. The molecular formula is C19H22N4O2. The van der Waals surface area contributed by atoms with Crippen LogP contribution in [0.15, 0.2) is 34.9 Å². The zero-order chi connectivity index (χ0) is 17.2. The Balaban J connectivity index is 1.35. The molecule has 6 nitrogen and oxygen atoms in total. The normalized spacial score (nSPS) is 23.9. The molecule has 0 spiro atoms. The molecular weight excluding hydrogens is 316 g/mol. The number of hydrogen-bond donors (Lipinski definition) is 1. The maximum Gasteiger partial charge on any atom is 0.237 e. The fraction of sp³-hybridized carbons (Fsp3) is 0.474. The molecule has 1 N–H and O–H groups in total. The lowest BCUT2D eigenvalue weighted by molar-refractivity contribution is -0.132. The number of hydrogen-bond acceptors (Lipinski definition) is 5. The number of likely N-dealkylation sites (tertiary alicyclic amines) is 2. The number of carbonyl (C=O) groups is 1. The highest BCUT2D eigenvalue weighted by atomic mass is 16.3. The first-order valence-corrected chi connectivity index (χ1v) is 8.89. The standard InChI is InChI=1S/C19H22N4O2/c20-11-16-4-2-8-23(16)18(24)13-22-9-6-15(12-22)21-17-5-1-3-14-7-10-25-19(14)17/h1,3,5,7,10,15-16,21H,2,4,6,8-9,12-13H2/t15-,16?/m0/s1. The largest absolute Gasteiger partial charge is 0.462 e. The van der Waals surface area contributed by atoms with Crippen molar-refractivity contribution in [3.63, 3.8) is 0 Å². The molecule has 3 heterocycles. The van der Waals surface area contributed by atoms with Crippen LogP contribution < -0.4 is 5.32 Å². The SMILES string of the molecule is N#CC1CCCN1C(=O)CN1CC[C@H](Nc2cccc3ccoc23)C1. The van der Waals surface area contributed by atoms with Gasteiger partial charge in [0.15, 0.2) is 5.58 Å². The first-order chi connectivity index (χ1) is 12.2. The van der Waals surface area contributed by atoms with Gasteiger partial charge >= 0.3 is 0 Å². The number of amides is 1. The maximum absolute atomic E-state index is 12.5. The van der Waals surface area contributed by atoms with Gasteiger partial charge < -0.3 is 14.6 Å². The van der Waals surface area contributed by atoms with E-state index in [4.69, 9.17) is 9.68 Å². The van der Waals surface area contributed by atoms with Gasteiger partial charge in [0, 0.05) is 31.1 Å². The summed E-state index contributed by atoms with van der Waals surface area (Å²) in [6, 6.07) is 10.3. The molecule has 2 fully saturated rings. The van der Waals surface area contributed by atoms with Crippen LogP contribution in [0.2, 0.25) is 0 Å². The van der Waals surface area contributed by atoms with Gasteiger partial charge in [0.25, 0.3) is 0 Å². The van der Waals surface area contributed by atoms with Gasteiger partial charge in [-0.15, -0.1) is 0 Å². The van der Waals surface area contributed by atoms with E-state index in [1.165, 1.54) is 0 Å². The third-order valence-corrected chi connectivity index (χ3v) is 5.19. The van der Waals surface area contributed by atoms with E-state index in [9.17, 15) is 4.79 Å². The number of carbonyl (C=O) groups excluding carboxylic acids is 1. The monoisotopic (exact) mass is 338 g/mol. The van der Waals surface area contributed by atoms with Crippen LogP contribution in [0.25, 0.3) is 11.0 Å². The molecule has 25 heavy (non-hydrogen) atoms. The summed E-state index contributed by atoms with van der Waals surface area (Å²) < 4.78 is 5.57. The molecule has 0 aliphatic carbocycles. The Labute approximate surface area is 147 Å². The lowest BCUT2D eigenvalue weighted by Crippen LogP contribution is -2.42. The van der Waals surface area contributed by atoms with Gasteiger partial charge in [0.2, 0.25) is 5.91 Å². The molecule has 2 aliphatic rings. The number of benzene rings is 1. The molecule has 1 amide bonds. The Morgan fingerprint density at radius 3 is 3.12 bits per heavy atom. The molecule has 2 saturated heterocycles. The minimum Gasteiger partial charge on any atom is -0.462 e. The third kappa shape index (κ3) is 3.20. The van der Waals surface area contributed by atoms with Crippen molar-refractivity contribution in [3.8, 4) is 6.07 Å². The summed E-state index contributed by atoms with van der Waals surface area (Å²) in [5, 5.41) is 13.8. The van der Waals surface area contributed by atoms with Crippen LogP contribution in [0.4, 0.5) is 5.69 Å². The lowest BCUT2D eigenvalue weighted by atomic mass is 10.2. The van der Waals surface area contributed by atoms with E-state index in [-0.39, 0.29) is 11.9 Å². The van der Waals surface area contributed by atoms with E-state index in [0.29, 0.717) is 19.1 Å². The number of fused-ring (bicyclic) bond motifs is 1. The number of nitriles is 1. The third-order valence-electron chi connectivity index (χ3n) is 5.19. The van der Waals surface area contributed by atoms with Crippen LogP contribution in [0.5, 0.6) is 0 Å². The molecule has 1 aromatic heterocycles. The van der Waals surface area contributed by atoms with Gasteiger partial charge in [-0.1, -0.05) is 12.1 Å². The summed E-state index contributed by atoms with van der Waals surface area (Å²) in [5.41, 5.74) is 1.88. The Hall–Kier alpha value is -2.52.